The molecule has 0 N–H and O–H groups in total. The fourth-order valence-corrected chi connectivity index (χ4v) is 0.740. The SMILES string of the molecule is O=Cc1ccc(C#CCCl)nc1. The molecule has 1 heterocycles. The summed E-state index contributed by atoms with van der Waals surface area (Å²) in [5.74, 6) is 5.69. The molecule has 0 aliphatic carbocycles. The highest BCUT2D eigenvalue weighted by molar-refractivity contribution is 6.19. The minimum absolute atomic E-state index is 0.289. The van der Waals surface area contributed by atoms with Crippen LogP contribution in [0.2, 0.25) is 0 Å². The molecule has 0 spiro atoms. The summed E-state index contributed by atoms with van der Waals surface area (Å²) in [5.41, 5.74) is 1.17. The van der Waals surface area contributed by atoms with Gasteiger partial charge in [-0.25, -0.2) is 4.98 Å². The van der Waals surface area contributed by atoms with Crippen LogP contribution in [0.3, 0.4) is 0 Å². The van der Waals surface area contributed by atoms with Crippen LogP contribution < -0.4 is 0 Å². The van der Waals surface area contributed by atoms with Gasteiger partial charge in [0.1, 0.15) is 5.69 Å². The van der Waals surface area contributed by atoms with E-state index in [4.69, 9.17) is 11.6 Å². The number of aromatic nitrogens is 1. The first-order valence-electron chi connectivity index (χ1n) is 3.33. The molecule has 1 rings (SSSR count). The molecule has 0 aliphatic heterocycles. The zero-order valence-electron chi connectivity index (χ0n) is 6.25. The van der Waals surface area contributed by atoms with E-state index in [1.54, 1.807) is 12.1 Å². The summed E-state index contributed by atoms with van der Waals surface area (Å²) in [5, 5.41) is 0. The molecule has 2 nitrogen and oxygen atoms in total. The molecule has 1 aromatic rings. The van der Waals surface area contributed by atoms with E-state index in [0.717, 1.165) is 6.29 Å². The van der Waals surface area contributed by atoms with Gasteiger partial charge in [0.15, 0.2) is 6.29 Å². The second-order valence-electron chi connectivity index (χ2n) is 2.03. The Kier molecular flexibility index (Phi) is 3.31. The lowest BCUT2D eigenvalue weighted by Gasteiger charge is -1.88. The van der Waals surface area contributed by atoms with Crippen molar-refractivity contribution in [3.05, 3.63) is 29.6 Å². The number of carbonyl (C=O) groups excluding carboxylic acids is 1. The Labute approximate surface area is 75.6 Å². The van der Waals surface area contributed by atoms with Crippen molar-refractivity contribution < 1.29 is 4.79 Å². The third-order valence-corrected chi connectivity index (χ3v) is 1.34. The standard InChI is InChI=1S/C9H6ClNO/c10-5-1-2-9-4-3-8(7-12)6-11-9/h3-4,6-7H,5H2. The molecule has 0 amide bonds. The number of pyridine rings is 1. The van der Waals surface area contributed by atoms with Gasteiger partial charge in [-0.15, -0.1) is 11.6 Å². The molecule has 0 atom stereocenters. The van der Waals surface area contributed by atoms with Gasteiger partial charge in [-0.2, -0.15) is 0 Å². The van der Waals surface area contributed by atoms with Crippen LogP contribution >= 0.6 is 11.6 Å². The number of halogens is 1. The molecule has 0 aromatic carbocycles. The van der Waals surface area contributed by atoms with Crippen LogP contribution in [0.5, 0.6) is 0 Å². The summed E-state index contributed by atoms with van der Waals surface area (Å²) < 4.78 is 0. The lowest BCUT2D eigenvalue weighted by molar-refractivity contribution is 0.112. The maximum absolute atomic E-state index is 10.2. The molecule has 0 radical (unpaired) electrons. The molecular weight excluding hydrogens is 174 g/mol. The molecule has 0 unspecified atom stereocenters. The summed E-state index contributed by atoms with van der Waals surface area (Å²) in [7, 11) is 0. The van der Waals surface area contributed by atoms with Crippen molar-refractivity contribution in [3.8, 4) is 11.8 Å². The van der Waals surface area contributed by atoms with Crippen molar-refractivity contribution in [3.63, 3.8) is 0 Å². The molecule has 60 valence electrons. The number of aldehydes is 1. The van der Waals surface area contributed by atoms with E-state index in [9.17, 15) is 4.79 Å². The van der Waals surface area contributed by atoms with E-state index in [1.165, 1.54) is 6.20 Å². The maximum Gasteiger partial charge on any atom is 0.151 e. The fraction of sp³-hybridized carbons (Fsp3) is 0.111. The third kappa shape index (κ3) is 2.37. The van der Waals surface area contributed by atoms with Crippen LogP contribution in [0.25, 0.3) is 0 Å². The predicted molar refractivity (Wildman–Crippen MR) is 47.2 cm³/mol. The number of rotatable bonds is 1. The second-order valence-corrected chi connectivity index (χ2v) is 2.30. The molecular formula is C9H6ClNO. The topological polar surface area (TPSA) is 30.0 Å². The quantitative estimate of drug-likeness (QED) is 0.371. The number of hydrogen-bond donors (Lipinski definition) is 0. The number of nitrogens with zero attached hydrogens (tertiary/aromatic N) is 1. The molecule has 0 saturated carbocycles. The van der Waals surface area contributed by atoms with E-state index in [1.807, 2.05) is 0 Å². The Morgan fingerprint density at radius 1 is 1.58 bits per heavy atom. The van der Waals surface area contributed by atoms with Crippen molar-refractivity contribution in [2.75, 3.05) is 5.88 Å². The highest BCUT2D eigenvalue weighted by Gasteiger charge is 1.89. The highest BCUT2D eigenvalue weighted by atomic mass is 35.5. The first-order chi connectivity index (χ1) is 5.86. The predicted octanol–water partition coefficient (Wildman–Crippen LogP) is 1.48. The number of hydrogen-bond acceptors (Lipinski definition) is 2. The first kappa shape index (κ1) is 8.76. The smallest absolute Gasteiger partial charge is 0.151 e. The van der Waals surface area contributed by atoms with Gasteiger partial charge in [0.05, 0.1) is 5.88 Å². The van der Waals surface area contributed by atoms with E-state index in [2.05, 4.69) is 16.8 Å². The van der Waals surface area contributed by atoms with Gasteiger partial charge >= 0.3 is 0 Å². The average molecular weight is 180 g/mol. The summed E-state index contributed by atoms with van der Waals surface area (Å²) in [4.78, 5) is 14.2. The van der Waals surface area contributed by atoms with Crippen LogP contribution in [0.15, 0.2) is 18.3 Å². The Morgan fingerprint density at radius 3 is 2.92 bits per heavy atom. The Morgan fingerprint density at radius 2 is 2.42 bits per heavy atom. The fourth-order valence-electron chi connectivity index (χ4n) is 0.673. The van der Waals surface area contributed by atoms with Crippen molar-refractivity contribution >= 4 is 17.9 Å². The summed E-state index contributed by atoms with van der Waals surface area (Å²) in [6, 6.07) is 3.35. The van der Waals surface area contributed by atoms with Crippen LogP contribution in [0.4, 0.5) is 0 Å². The Hall–Kier alpha value is -1.33. The van der Waals surface area contributed by atoms with Gasteiger partial charge in [0.2, 0.25) is 0 Å². The van der Waals surface area contributed by atoms with Crippen LogP contribution in [-0.4, -0.2) is 17.2 Å². The van der Waals surface area contributed by atoms with Gasteiger partial charge in [-0.1, -0.05) is 5.92 Å². The van der Waals surface area contributed by atoms with Crippen molar-refractivity contribution in [2.45, 2.75) is 0 Å². The number of alkyl halides is 1. The highest BCUT2D eigenvalue weighted by Crippen LogP contribution is 1.95. The lowest BCUT2D eigenvalue weighted by atomic mass is 10.3. The molecule has 12 heavy (non-hydrogen) atoms. The van der Waals surface area contributed by atoms with Gasteiger partial charge in [-0.05, 0) is 18.1 Å². The normalized spacial score (nSPS) is 8.42. The van der Waals surface area contributed by atoms with E-state index >= 15 is 0 Å². The largest absolute Gasteiger partial charge is 0.298 e. The zero-order valence-corrected chi connectivity index (χ0v) is 7.01. The second kappa shape index (κ2) is 4.53. The summed E-state index contributed by atoms with van der Waals surface area (Å²) in [6.45, 7) is 0. The molecule has 0 bridgehead atoms. The van der Waals surface area contributed by atoms with Crippen molar-refractivity contribution in [1.29, 1.82) is 0 Å². The summed E-state index contributed by atoms with van der Waals surface area (Å²) in [6.07, 6.45) is 2.22. The third-order valence-electron chi connectivity index (χ3n) is 1.21. The van der Waals surface area contributed by atoms with Crippen molar-refractivity contribution in [2.24, 2.45) is 0 Å². The van der Waals surface area contributed by atoms with Gasteiger partial charge in [0.25, 0.3) is 0 Å². The Balaban J connectivity index is 2.84. The van der Waals surface area contributed by atoms with Gasteiger partial charge in [-0.3, -0.25) is 4.79 Å². The van der Waals surface area contributed by atoms with Crippen molar-refractivity contribution in [1.82, 2.24) is 4.98 Å². The molecule has 0 fully saturated rings. The number of carbonyl (C=O) groups is 1. The minimum atomic E-state index is 0.289. The average Bonchev–Trinajstić information content (AvgIpc) is 2.15. The Bertz CT molecular complexity index is 321. The van der Waals surface area contributed by atoms with Crippen LogP contribution in [-0.2, 0) is 0 Å². The van der Waals surface area contributed by atoms with Crippen LogP contribution in [0, 0.1) is 11.8 Å². The first-order valence-corrected chi connectivity index (χ1v) is 3.86. The molecule has 3 heteroatoms. The lowest BCUT2D eigenvalue weighted by Crippen LogP contribution is -1.85. The van der Waals surface area contributed by atoms with Gasteiger partial charge in [0, 0.05) is 11.8 Å². The van der Waals surface area contributed by atoms with E-state index in [-0.39, 0.29) is 5.88 Å². The zero-order chi connectivity index (χ0) is 8.81. The minimum Gasteiger partial charge on any atom is -0.298 e. The van der Waals surface area contributed by atoms with E-state index < -0.39 is 0 Å². The van der Waals surface area contributed by atoms with E-state index in [0.29, 0.717) is 11.3 Å². The monoisotopic (exact) mass is 179 g/mol. The van der Waals surface area contributed by atoms with Gasteiger partial charge < -0.3 is 0 Å². The molecule has 0 aliphatic rings. The summed E-state index contributed by atoms with van der Waals surface area (Å²) >= 11 is 5.35. The molecule has 1 aromatic heterocycles. The maximum atomic E-state index is 10.2. The molecule has 0 saturated heterocycles. The van der Waals surface area contributed by atoms with Crippen LogP contribution in [0.1, 0.15) is 16.1 Å².